The van der Waals surface area contributed by atoms with E-state index in [0.717, 1.165) is 96.1 Å². The highest BCUT2D eigenvalue weighted by Crippen LogP contribution is 2.22. The Morgan fingerprint density at radius 1 is 0.552 bits per heavy atom. The molecular formula is C46H48Cl2N4O6. The first-order chi connectivity index (χ1) is 28.1. The molecule has 302 valence electrons. The Labute approximate surface area is 348 Å². The molecule has 2 aromatic heterocycles. The maximum atomic E-state index is 12.9. The van der Waals surface area contributed by atoms with Crippen molar-refractivity contribution in [3.05, 3.63) is 183 Å². The molecule has 6 rings (SSSR count). The summed E-state index contributed by atoms with van der Waals surface area (Å²) in [4.78, 5) is 71.5. The third-order valence-electron chi connectivity index (χ3n) is 9.20. The van der Waals surface area contributed by atoms with Gasteiger partial charge in [0, 0.05) is 55.1 Å². The van der Waals surface area contributed by atoms with Crippen LogP contribution in [0.3, 0.4) is 0 Å². The van der Waals surface area contributed by atoms with Gasteiger partial charge in [-0.2, -0.15) is 9.59 Å². The summed E-state index contributed by atoms with van der Waals surface area (Å²) < 4.78 is 0. The largest absolute Gasteiger partial charge is 0.373 e. The van der Waals surface area contributed by atoms with Crippen molar-refractivity contribution in [3.8, 4) is 22.8 Å². The molecule has 0 amide bonds. The van der Waals surface area contributed by atoms with Crippen LogP contribution in [0.5, 0.6) is 0 Å². The average Bonchev–Trinajstić information content (AvgIpc) is 3.23. The number of rotatable bonds is 14. The van der Waals surface area contributed by atoms with Crippen LogP contribution in [-0.2, 0) is 35.3 Å². The SMILES string of the molecule is CCCCCc1nc(-c2ccc(Cl)cc2)[nH]c(=O)c1Cc1ccc(C)cc1.CCCCCc1nc(-c2ccc(Cl)cc2)[nH]c(=O)c1Cc1ccccc1.O=C=O.O=O. The topological polar surface area (TPSA) is 160 Å². The van der Waals surface area contributed by atoms with Gasteiger partial charge in [-0.1, -0.05) is 123 Å². The number of carbonyl (C=O) groups excluding carboxylic acids is 2. The number of benzene rings is 4. The minimum Gasteiger partial charge on any atom is -0.306 e. The number of H-pyrrole nitrogens is 2. The fourth-order valence-electron chi connectivity index (χ4n) is 6.15. The molecule has 0 bridgehead atoms. The van der Waals surface area contributed by atoms with Crippen LogP contribution >= 0.6 is 23.2 Å². The van der Waals surface area contributed by atoms with Crippen LogP contribution in [0.15, 0.2) is 113 Å². The Kier molecular flexibility index (Phi) is 20.4. The maximum absolute atomic E-state index is 12.9. The van der Waals surface area contributed by atoms with Gasteiger partial charge in [0.15, 0.2) is 0 Å². The number of aryl methyl sites for hydroxylation is 3. The van der Waals surface area contributed by atoms with Gasteiger partial charge in [-0.25, -0.2) is 9.97 Å². The van der Waals surface area contributed by atoms with E-state index in [2.05, 4.69) is 55.0 Å². The summed E-state index contributed by atoms with van der Waals surface area (Å²) >= 11 is 11.9. The van der Waals surface area contributed by atoms with Gasteiger partial charge in [0.1, 0.15) is 11.6 Å². The van der Waals surface area contributed by atoms with Crippen LogP contribution in [0.2, 0.25) is 10.0 Å². The van der Waals surface area contributed by atoms with Crippen molar-refractivity contribution in [2.75, 3.05) is 0 Å². The molecule has 0 aliphatic carbocycles. The van der Waals surface area contributed by atoms with Crippen LogP contribution < -0.4 is 11.1 Å². The van der Waals surface area contributed by atoms with E-state index in [1.165, 1.54) is 5.56 Å². The summed E-state index contributed by atoms with van der Waals surface area (Å²) in [6.07, 6.45) is 9.71. The molecule has 0 saturated carbocycles. The minimum atomic E-state index is -0.0553. The fourth-order valence-corrected chi connectivity index (χ4v) is 6.40. The second kappa shape index (κ2) is 25.5. The van der Waals surface area contributed by atoms with Gasteiger partial charge >= 0.3 is 6.15 Å². The van der Waals surface area contributed by atoms with E-state index in [9.17, 15) is 9.59 Å². The number of nitrogens with zero attached hydrogens (tertiary/aromatic N) is 2. The third kappa shape index (κ3) is 14.9. The maximum Gasteiger partial charge on any atom is 0.373 e. The molecule has 0 radical (unpaired) electrons. The number of hydrogen-bond donors (Lipinski definition) is 2. The highest BCUT2D eigenvalue weighted by Gasteiger charge is 2.15. The molecule has 0 aliphatic heterocycles. The summed E-state index contributed by atoms with van der Waals surface area (Å²) in [5.74, 6) is 1.21. The molecule has 0 fully saturated rings. The van der Waals surface area contributed by atoms with Crippen molar-refractivity contribution in [1.29, 1.82) is 0 Å². The molecule has 0 unspecified atom stereocenters. The van der Waals surface area contributed by atoms with E-state index < -0.39 is 0 Å². The number of aromatic amines is 2. The van der Waals surface area contributed by atoms with Crippen molar-refractivity contribution < 1.29 is 9.59 Å². The van der Waals surface area contributed by atoms with E-state index in [4.69, 9.17) is 52.7 Å². The summed E-state index contributed by atoms with van der Waals surface area (Å²) in [6, 6.07) is 33.2. The zero-order valence-corrected chi connectivity index (χ0v) is 34.5. The fraction of sp³-hybridized carbons (Fsp3) is 0.283. The highest BCUT2D eigenvalue weighted by atomic mass is 35.5. The predicted molar refractivity (Wildman–Crippen MR) is 232 cm³/mol. The smallest absolute Gasteiger partial charge is 0.306 e. The minimum absolute atomic E-state index is 0.0537. The van der Waals surface area contributed by atoms with E-state index >= 15 is 0 Å². The zero-order chi connectivity index (χ0) is 42.3. The first-order valence-corrected chi connectivity index (χ1v) is 19.9. The molecular weight excluding hydrogens is 775 g/mol. The Hall–Kier alpha value is -5.80. The molecule has 58 heavy (non-hydrogen) atoms. The number of hydrogen-bond acceptors (Lipinski definition) is 8. The lowest BCUT2D eigenvalue weighted by molar-refractivity contribution is -0.191. The molecule has 4 aromatic carbocycles. The first-order valence-electron chi connectivity index (χ1n) is 19.2. The van der Waals surface area contributed by atoms with E-state index in [1.54, 1.807) is 0 Å². The molecule has 10 nitrogen and oxygen atoms in total. The van der Waals surface area contributed by atoms with Gasteiger partial charge in [0.05, 0.1) is 11.4 Å². The second-order valence-corrected chi connectivity index (χ2v) is 14.4. The van der Waals surface area contributed by atoms with Crippen molar-refractivity contribution in [2.45, 2.75) is 85.0 Å². The second-order valence-electron chi connectivity index (χ2n) is 13.5. The lowest BCUT2D eigenvalue weighted by atomic mass is 10.0. The standard InChI is InChI=1S/C23H25ClN2O.C22H23ClN2O.CO2.O2/c1-3-4-5-6-21-20(15-17-9-7-16(2)8-10-17)23(27)26-22(25-21)18-11-13-19(24)14-12-18;1-2-3-5-10-20-19(15-16-8-6-4-7-9-16)22(26)25-21(24-20)17-11-13-18(23)14-12-17;2-1-3;1-2/h7-14H,3-6,15H2,1-2H3,(H,25,26,27);4,6-9,11-14H,2-3,5,10,15H2,1H3,(H,24,25,26);;. The molecule has 0 atom stereocenters. The normalized spacial score (nSPS) is 10.2. The number of aromatic nitrogens is 4. The lowest BCUT2D eigenvalue weighted by Crippen LogP contribution is -2.19. The first kappa shape index (κ1) is 46.6. The van der Waals surface area contributed by atoms with Crippen molar-refractivity contribution in [3.63, 3.8) is 0 Å². The highest BCUT2D eigenvalue weighted by molar-refractivity contribution is 6.30. The van der Waals surface area contributed by atoms with Crippen LogP contribution in [0.1, 0.15) is 91.6 Å². The van der Waals surface area contributed by atoms with Crippen molar-refractivity contribution >= 4 is 29.4 Å². The average molecular weight is 824 g/mol. The Morgan fingerprint density at radius 2 is 0.931 bits per heavy atom. The number of halogens is 2. The van der Waals surface area contributed by atoms with Crippen LogP contribution in [0.25, 0.3) is 22.8 Å². The third-order valence-corrected chi connectivity index (χ3v) is 9.70. The van der Waals surface area contributed by atoms with Gasteiger partial charge in [-0.3, -0.25) is 9.59 Å². The molecule has 2 heterocycles. The van der Waals surface area contributed by atoms with Crippen molar-refractivity contribution in [1.82, 2.24) is 19.9 Å². The van der Waals surface area contributed by atoms with Gasteiger partial charge in [0.25, 0.3) is 11.1 Å². The summed E-state index contributed by atoms with van der Waals surface area (Å²) in [5.41, 5.74) is 8.44. The van der Waals surface area contributed by atoms with Gasteiger partial charge in [0.2, 0.25) is 0 Å². The summed E-state index contributed by atoms with van der Waals surface area (Å²) in [5, 5.41) is 1.33. The molecule has 0 spiro atoms. The predicted octanol–water partition coefficient (Wildman–Crippen LogP) is 10.6. The molecule has 0 aliphatic rings. The number of nitrogens with one attached hydrogen (secondary N) is 2. The van der Waals surface area contributed by atoms with E-state index in [0.29, 0.717) is 34.5 Å². The molecule has 12 heteroatoms. The van der Waals surface area contributed by atoms with E-state index in [-0.39, 0.29) is 17.3 Å². The van der Waals surface area contributed by atoms with Gasteiger partial charge in [-0.15, -0.1) is 0 Å². The van der Waals surface area contributed by atoms with Crippen LogP contribution in [0.4, 0.5) is 0 Å². The number of unbranched alkanes of at least 4 members (excludes halogenated alkanes) is 4. The Balaban J connectivity index is 0.000000280. The zero-order valence-electron chi connectivity index (χ0n) is 33.0. The van der Waals surface area contributed by atoms with Crippen LogP contribution in [-0.4, -0.2) is 26.1 Å². The summed E-state index contributed by atoms with van der Waals surface area (Å²) in [6.45, 7) is 6.42. The quantitative estimate of drug-likeness (QED) is 0.103. The lowest BCUT2D eigenvalue weighted by Gasteiger charge is -2.11. The monoisotopic (exact) mass is 822 g/mol. The molecule has 0 saturated heterocycles. The Morgan fingerprint density at radius 3 is 1.31 bits per heavy atom. The van der Waals surface area contributed by atoms with E-state index in [1.807, 2.05) is 78.9 Å². The molecule has 6 aromatic rings. The molecule has 2 N–H and O–H groups in total. The van der Waals surface area contributed by atoms with Crippen LogP contribution in [0, 0.1) is 16.9 Å². The van der Waals surface area contributed by atoms with Gasteiger partial charge < -0.3 is 9.97 Å². The van der Waals surface area contributed by atoms with Gasteiger partial charge in [-0.05, 0) is 92.3 Å². The van der Waals surface area contributed by atoms with Crippen molar-refractivity contribution in [2.24, 2.45) is 0 Å². The summed E-state index contributed by atoms with van der Waals surface area (Å²) in [7, 11) is 0. The Bertz CT molecular complexity index is 2290.